The highest BCUT2D eigenvalue weighted by atomic mass is 16.5. The highest BCUT2D eigenvalue weighted by molar-refractivity contribution is 5.94. The first-order valence-corrected chi connectivity index (χ1v) is 9.39. The Hall–Kier alpha value is -2.04. The summed E-state index contributed by atoms with van der Waals surface area (Å²) in [4.78, 5) is 28.6. The molecule has 5 heteroatoms. The average molecular weight is 344 g/mol. The van der Waals surface area contributed by atoms with Crippen molar-refractivity contribution in [3.05, 3.63) is 29.8 Å². The van der Waals surface area contributed by atoms with Gasteiger partial charge in [0.2, 0.25) is 0 Å². The van der Waals surface area contributed by atoms with Gasteiger partial charge in [-0.25, -0.2) is 0 Å². The summed E-state index contributed by atoms with van der Waals surface area (Å²) in [5.41, 5.74) is 0.679. The van der Waals surface area contributed by atoms with Crippen LogP contribution in [0.15, 0.2) is 24.3 Å². The number of rotatable bonds is 4. The van der Waals surface area contributed by atoms with Gasteiger partial charge in [-0.05, 0) is 70.2 Å². The van der Waals surface area contributed by atoms with Crippen LogP contribution in [0.25, 0.3) is 0 Å². The van der Waals surface area contributed by atoms with Crippen LogP contribution < -0.4 is 4.74 Å². The lowest BCUT2D eigenvalue weighted by Crippen LogP contribution is -2.49. The van der Waals surface area contributed by atoms with Gasteiger partial charge < -0.3 is 14.5 Å². The molecule has 136 valence electrons. The van der Waals surface area contributed by atoms with Crippen molar-refractivity contribution in [3.8, 4) is 5.75 Å². The lowest BCUT2D eigenvalue weighted by molar-refractivity contribution is -0.139. The van der Waals surface area contributed by atoms with Gasteiger partial charge >= 0.3 is 0 Å². The Kier molecular flexibility index (Phi) is 5.61. The fourth-order valence-corrected chi connectivity index (χ4v) is 3.93. The summed E-state index contributed by atoms with van der Waals surface area (Å²) >= 11 is 0. The van der Waals surface area contributed by atoms with Gasteiger partial charge in [0.25, 0.3) is 11.8 Å². The van der Waals surface area contributed by atoms with Gasteiger partial charge in [-0.2, -0.15) is 0 Å². The predicted molar refractivity (Wildman–Crippen MR) is 96.7 cm³/mol. The molecule has 0 radical (unpaired) electrons. The molecule has 0 saturated carbocycles. The first kappa shape index (κ1) is 17.8. The summed E-state index contributed by atoms with van der Waals surface area (Å²) in [6.07, 6.45) is 5.47. The van der Waals surface area contributed by atoms with Crippen LogP contribution in [-0.4, -0.2) is 53.4 Å². The van der Waals surface area contributed by atoms with E-state index in [4.69, 9.17) is 4.74 Å². The zero-order valence-corrected chi connectivity index (χ0v) is 15.2. The van der Waals surface area contributed by atoms with E-state index in [1.807, 2.05) is 9.80 Å². The zero-order chi connectivity index (χ0) is 17.8. The summed E-state index contributed by atoms with van der Waals surface area (Å²) in [7, 11) is 0. The molecule has 0 N–H and O–H groups in total. The van der Waals surface area contributed by atoms with Gasteiger partial charge in [0, 0.05) is 30.7 Å². The number of likely N-dealkylation sites (tertiary alicyclic amines) is 2. The van der Waals surface area contributed by atoms with Crippen LogP contribution in [0.2, 0.25) is 0 Å². The van der Waals surface area contributed by atoms with Gasteiger partial charge in [0.05, 0.1) is 0 Å². The molecule has 2 aliphatic heterocycles. The molecule has 2 heterocycles. The Balaban J connectivity index is 1.54. The Bertz CT molecular complexity index is 598. The van der Waals surface area contributed by atoms with Crippen LogP contribution >= 0.6 is 0 Å². The standard InChI is InChI=1S/C20H28N2O3/c1-15-6-5-7-16(2)22(15)19(23)14-25-18-10-8-17(9-11-18)20(24)21-12-3-4-13-21/h8-11,15-16H,3-7,12-14H2,1-2H3. The van der Waals surface area contributed by atoms with E-state index < -0.39 is 0 Å². The number of piperidine rings is 1. The molecule has 1 aromatic rings. The van der Waals surface area contributed by atoms with E-state index in [1.165, 1.54) is 6.42 Å². The molecule has 2 unspecified atom stereocenters. The number of nitrogens with zero attached hydrogens (tertiary/aromatic N) is 2. The van der Waals surface area contributed by atoms with E-state index in [0.717, 1.165) is 38.8 Å². The fraction of sp³-hybridized carbons (Fsp3) is 0.600. The minimum atomic E-state index is 0.0388. The van der Waals surface area contributed by atoms with Crippen molar-refractivity contribution in [1.82, 2.24) is 9.80 Å². The number of hydrogen-bond acceptors (Lipinski definition) is 3. The smallest absolute Gasteiger partial charge is 0.260 e. The largest absolute Gasteiger partial charge is 0.484 e. The predicted octanol–water partition coefficient (Wildman–Crippen LogP) is 3.09. The molecule has 25 heavy (non-hydrogen) atoms. The maximum atomic E-state index is 12.5. The molecule has 0 aromatic heterocycles. The molecule has 1 aromatic carbocycles. The summed E-state index contributed by atoms with van der Waals surface area (Å²) in [5, 5.41) is 0. The highest BCUT2D eigenvalue weighted by Crippen LogP contribution is 2.23. The Morgan fingerprint density at radius 1 is 1.00 bits per heavy atom. The minimum absolute atomic E-state index is 0.0388. The van der Waals surface area contributed by atoms with Crippen molar-refractivity contribution in [3.63, 3.8) is 0 Å². The monoisotopic (exact) mass is 344 g/mol. The maximum absolute atomic E-state index is 12.5. The first-order chi connectivity index (χ1) is 12.1. The first-order valence-electron chi connectivity index (χ1n) is 9.39. The van der Waals surface area contributed by atoms with E-state index >= 15 is 0 Å². The van der Waals surface area contributed by atoms with Crippen LogP contribution in [0.1, 0.15) is 56.3 Å². The Labute approximate surface area is 149 Å². The molecule has 0 bridgehead atoms. The summed E-state index contributed by atoms with van der Waals surface area (Å²) in [5.74, 6) is 0.747. The molecule has 5 nitrogen and oxygen atoms in total. The SMILES string of the molecule is CC1CCCC(C)N1C(=O)COc1ccc(C(=O)N2CCCC2)cc1. The summed E-state index contributed by atoms with van der Waals surface area (Å²) in [6, 6.07) is 7.68. The lowest BCUT2D eigenvalue weighted by atomic mass is 9.97. The Morgan fingerprint density at radius 3 is 2.20 bits per heavy atom. The van der Waals surface area contributed by atoms with Gasteiger partial charge in [-0.15, -0.1) is 0 Å². The van der Waals surface area contributed by atoms with E-state index in [0.29, 0.717) is 11.3 Å². The molecule has 2 saturated heterocycles. The molecule has 3 rings (SSSR count). The van der Waals surface area contributed by atoms with Crippen molar-refractivity contribution in [2.75, 3.05) is 19.7 Å². The third-order valence-corrected chi connectivity index (χ3v) is 5.34. The molecule has 2 fully saturated rings. The second-order valence-electron chi connectivity index (χ2n) is 7.24. The van der Waals surface area contributed by atoms with Gasteiger partial charge in [-0.1, -0.05) is 0 Å². The molecular weight excluding hydrogens is 316 g/mol. The van der Waals surface area contributed by atoms with Crippen LogP contribution in [0.4, 0.5) is 0 Å². The lowest BCUT2D eigenvalue weighted by Gasteiger charge is -2.38. The van der Waals surface area contributed by atoms with Crippen molar-refractivity contribution >= 4 is 11.8 Å². The van der Waals surface area contributed by atoms with E-state index in [1.54, 1.807) is 24.3 Å². The second kappa shape index (κ2) is 7.89. The topological polar surface area (TPSA) is 49.9 Å². The van der Waals surface area contributed by atoms with E-state index in [-0.39, 0.29) is 30.5 Å². The van der Waals surface area contributed by atoms with Gasteiger partial charge in [0.1, 0.15) is 5.75 Å². The number of benzene rings is 1. The van der Waals surface area contributed by atoms with Crippen molar-refractivity contribution in [1.29, 1.82) is 0 Å². The normalized spacial score (nSPS) is 23.6. The van der Waals surface area contributed by atoms with Crippen LogP contribution in [0.3, 0.4) is 0 Å². The summed E-state index contributed by atoms with van der Waals surface area (Å²) < 4.78 is 5.66. The molecule has 2 atom stereocenters. The van der Waals surface area contributed by atoms with Crippen LogP contribution in [0.5, 0.6) is 5.75 Å². The van der Waals surface area contributed by atoms with Crippen molar-refractivity contribution in [2.45, 2.75) is 58.0 Å². The van der Waals surface area contributed by atoms with E-state index in [2.05, 4.69) is 13.8 Å². The number of amides is 2. The van der Waals surface area contributed by atoms with Crippen LogP contribution in [-0.2, 0) is 4.79 Å². The fourth-order valence-electron chi connectivity index (χ4n) is 3.93. The van der Waals surface area contributed by atoms with Crippen molar-refractivity contribution in [2.24, 2.45) is 0 Å². The number of carbonyl (C=O) groups is 2. The maximum Gasteiger partial charge on any atom is 0.260 e. The molecular formula is C20H28N2O3. The minimum Gasteiger partial charge on any atom is -0.484 e. The zero-order valence-electron chi connectivity index (χ0n) is 15.2. The number of carbonyl (C=O) groups excluding carboxylic acids is 2. The molecule has 2 amide bonds. The van der Waals surface area contributed by atoms with Crippen LogP contribution in [0, 0.1) is 0 Å². The third-order valence-electron chi connectivity index (χ3n) is 5.34. The number of hydrogen-bond donors (Lipinski definition) is 0. The second-order valence-corrected chi connectivity index (χ2v) is 7.24. The number of ether oxygens (including phenoxy) is 1. The van der Waals surface area contributed by atoms with Gasteiger partial charge in [0.15, 0.2) is 6.61 Å². The van der Waals surface area contributed by atoms with Gasteiger partial charge in [-0.3, -0.25) is 9.59 Å². The summed E-state index contributed by atoms with van der Waals surface area (Å²) in [6.45, 7) is 5.95. The Morgan fingerprint density at radius 2 is 1.60 bits per heavy atom. The average Bonchev–Trinajstić information content (AvgIpc) is 3.14. The quantitative estimate of drug-likeness (QED) is 0.843. The van der Waals surface area contributed by atoms with E-state index in [9.17, 15) is 9.59 Å². The third kappa shape index (κ3) is 4.14. The van der Waals surface area contributed by atoms with Crippen molar-refractivity contribution < 1.29 is 14.3 Å². The highest BCUT2D eigenvalue weighted by Gasteiger charge is 2.29. The molecule has 0 aliphatic carbocycles. The molecule has 2 aliphatic rings. The molecule has 0 spiro atoms.